The van der Waals surface area contributed by atoms with Crippen molar-refractivity contribution in [2.75, 3.05) is 0 Å². The van der Waals surface area contributed by atoms with Gasteiger partial charge in [0.2, 0.25) is 0 Å². The molecular formula is HCl6IrK-4. The Bertz CT molecular complexity index is 8.49. The van der Waals surface area contributed by atoms with Crippen LogP contribution in [0.25, 0.3) is 0 Å². The second-order valence-electron chi connectivity index (χ2n) is 0. The van der Waals surface area contributed by atoms with E-state index in [-0.39, 0.29) is 146 Å². The molecule has 8 heteroatoms. The zero-order valence-corrected chi connectivity index (χ0v) is 13.7. The Morgan fingerprint density at radius 1 is 0.500 bits per heavy atom. The summed E-state index contributed by atoms with van der Waals surface area (Å²) in [6, 6.07) is 0. The van der Waals surface area contributed by atoms with Gasteiger partial charge in [0, 0.05) is 20.1 Å². The molecule has 0 bridgehead atoms. The fourth-order valence-electron chi connectivity index (χ4n) is 0. The van der Waals surface area contributed by atoms with E-state index in [0.29, 0.717) is 0 Å². The Morgan fingerprint density at radius 2 is 0.500 bits per heavy atom. The van der Waals surface area contributed by atoms with E-state index in [9.17, 15) is 0 Å². The second kappa shape index (κ2) is 68.4. The van der Waals surface area contributed by atoms with Gasteiger partial charge in [-0.3, -0.25) is 0 Å². The Hall–Kier alpha value is 4.03. The molecule has 0 saturated carbocycles. The largest absolute Gasteiger partial charge is 1.00 e. The monoisotopic (exact) mass is 443 g/mol. The van der Waals surface area contributed by atoms with Gasteiger partial charge in [-0.1, -0.05) is 0 Å². The van der Waals surface area contributed by atoms with E-state index in [1.807, 2.05) is 0 Å². The fourth-order valence-corrected chi connectivity index (χ4v) is 0. The Balaban J connectivity index is 0. The first-order chi connectivity index (χ1) is 0. The van der Waals surface area contributed by atoms with Crippen molar-refractivity contribution in [3.8, 4) is 0 Å². The first-order valence-electron chi connectivity index (χ1n) is 0. The molecule has 0 aromatic rings. The van der Waals surface area contributed by atoms with Crippen LogP contribution in [0.2, 0.25) is 0 Å². The molecule has 0 nitrogen and oxygen atoms in total. The molecule has 57 valence electrons. The molecule has 0 N–H and O–H groups in total. The topological polar surface area (TPSA) is 0 Å². The molecule has 0 aliphatic rings. The van der Waals surface area contributed by atoms with Crippen molar-refractivity contribution in [3.63, 3.8) is 0 Å². The number of halogens is 6. The van der Waals surface area contributed by atoms with Gasteiger partial charge < -0.3 is 62.0 Å². The molecule has 0 aromatic carbocycles. The van der Waals surface area contributed by atoms with Crippen molar-refractivity contribution in [2.24, 2.45) is 0 Å². The summed E-state index contributed by atoms with van der Waals surface area (Å²) in [4.78, 5) is 0. The van der Waals surface area contributed by atoms with Gasteiger partial charge >= 0.3 is 51.4 Å². The molecule has 0 aromatic heterocycles. The summed E-state index contributed by atoms with van der Waals surface area (Å²) in [6.45, 7) is 0. The average Bonchev–Trinajstić information content (AvgIpc) is 0. The third-order valence-corrected chi connectivity index (χ3v) is 0. The maximum absolute atomic E-state index is 0. The van der Waals surface area contributed by atoms with Gasteiger partial charge in [-0.2, -0.15) is 0 Å². The summed E-state index contributed by atoms with van der Waals surface area (Å²) in [5.74, 6) is 0. The quantitative estimate of drug-likeness (QED) is 0.326. The van der Waals surface area contributed by atoms with Crippen molar-refractivity contribution in [2.45, 2.75) is 0 Å². The van der Waals surface area contributed by atoms with Gasteiger partial charge in [-0.15, -0.1) is 12.4 Å². The maximum atomic E-state index is 0. The van der Waals surface area contributed by atoms with Crippen molar-refractivity contribution in [3.05, 3.63) is 0 Å². The molecule has 0 amide bonds. The molecule has 0 fully saturated rings. The van der Waals surface area contributed by atoms with Gasteiger partial charge in [-0.05, 0) is 0 Å². The maximum Gasteiger partial charge on any atom is 1.00 e. The van der Waals surface area contributed by atoms with E-state index in [4.69, 9.17) is 0 Å². The van der Waals surface area contributed by atoms with E-state index in [0.717, 1.165) is 0 Å². The summed E-state index contributed by atoms with van der Waals surface area (Å²) in [5, 5.41) is 0. The van der Waals surface area contributed by atoms with Crippen LogP contribution in [0.4, 0.5) is 0 Å². The number of hydrogen-bond donors (Lipinski definition) is 0. The van der Waals surface area contributed by atoms with Crippen molar-refractivity contribution in [1.82, 2.24) is 0 Å². The van der Waals surface area contributed by atoms with E-state index in [2.05, 4.69) is 0 Å². The minimum atomic E-state index is 0. The molecular weight excluding hydrogens is 444 g/mol. The number of rotatable bonds is 0. The second-order valence-corrected chi connectivity index (χ2v) is 0. The SMILES string of the molecule is Cl.[Cl-].[Cl-].[Cl-].[Cl-].[Cl-].[Ir].[K+]. The fraction of sp³-hybridized carbons (Fsp3) is 0. The predicted molar refractivity (Wildman–Crippen MR) is 7.25 cm³/mol. The smallest absolute Gasteiger partial charge is 1.00 e. The molecule has 0 heterocycles. The number of hydrogen-bond acceptors (Lipinski definition) is 0. The predicted octanol–water partition coefficient (Wildman–Crippen LogP) is -17.6. The summed E-state index contributed by atoms with van der Waals surface area (Å²) in [7, 11) is 0. The molecule has 0 aliphatic carbocycles. The molecule has 0 unspecified atom stereocenters. The molecule has 8 heavy (non-hydrogen) atoms. The normalized spacial score (nSPS) is 0. The molecule has 0 atom stereocenters. The van der Waals surface area contributed by atoms with Gasteiger partial charge in [0.25, 0.3) is 0 Å². The molecule has 0 rings (SSSR count). The van der Waals surface area contributed by atoms with Gasteiger partial charge in [0.15, 0.2) is 0 Å². The van der Waals surface area contributed by atoms with E-state index >= 15 is 0 Å². The van der Waals surface area contributed by atoms with Crippen LogP contribution >= 0.6 is 12.4 Å². The molecule has 0 aliphatic heterocycles. The van der Waals surface area contributed by atoms with Crippen molar-refractivity contribution < 1.29 is 134 Å². The molecule has 1 radical (unpaired) electrons. The summed E-state index contributed by atoms with van der Waals surface area (Å²) < 4.78 is 0. The van der Waals surface area contributed by atoms with Crippen molar-refractivity contribution >= 4 is 12.4 Å². The molecule has 0 saturated heterocycles. The van der Waals surface area contributed by atoms with Crippen LogP contribution in [0.15, 0.2) is 0 Å². The van der Waals surface area contributed by atoms with Crippen molar-refractivity contribution in [1.29, 1.82) is 0 Å². The summed E-state index contributed by atoms with van der Waals surface area (Å²) in [5.41, 5.74) is 0. The van der Waals surface area contributed by atoms with Gasteiger partial charge in [-0.25, -0.2) is 0 Å². The first kappa shape index (κ1) is 90.2. The minimum Gasteiger partial charge on any atom is -1.00 e. The van der Waals surface area contributed by atoms with Crippen LogP contribution in [-0.2, 0) is 20.1 Å². The zero-order valence-electron chi connectivity index (χ0n) is 3.63. The Morgan fingerprint density at radius 3 is 0.500 bits per heavy atom. The van der Waals surface area contributed by atoms with Crippen LogP contribution in [0, 0.1) is 0 Å². The Labute approximate surface area is 143 Å². The van der Waals surface area contributed by atoms with Crippen LogP contribution < -0.4 is 113 Å². The minimum absolute atomic E-state index is 0. The van der Waals surface area contributed by atoms with Crippen LogP contribution in [0.3, 0.4) is 0 Å². The van der Waals surface area contributed by atoms with Crippen LogP contribution in [0.5, 0.6) is 0 Å². The van der Waals surface area contributed by atoms with Gasteiger partial charge in [0.05, 0.1) is 0 Å². The molecule has 0 spiro atoms. The first-order valence-corrected chi connectivity index (χ1v) is 0. The standard InChI is InChI=1S/6ClH.Ir.K/h6*1H;;/q;;;;;;;+1/p-5. The third kappa shape index (κ3) is 50.4. The third-order valence-electron chi connectivity index (χ3n) is 0. The van der Waals surface area contributed by atoms with E-state index < -0.39 is 0 Å². The average molecular weight is 445 g/mol. The Kier molecular flexibility index (Phi) is 771. The van der Waals surface area contributed by atoms with E-state index in [1.165, 1.54) is 0 Å². The van der Waals surface area contributed by atoms with E-state index in [1.54, 1.807) is 0 Å². The van der Waals surface area contributed by atoms with Crippen LogP contribution in [-0.4, -0.2) is 0 Å². The van der Waals surface area contributed by atoms with Gasteiger partial charge in [0.1, 0.15) is 0 Å². The summed E-state index contributed by atoms with van der Waals surface area (Å²) in [6.07, 6.45) is 0. The zero-order chi connectivity index (χ0) is 0. The van der Waals surface area contributed by atoms with Crippen LogP contribution in [0.1, 0.15) is 0 Å². The summed E-state index contributed by atoms with van der Waals surface area (Å²) >= 11 is 0.